The van der Waals surface area contributed by atoms with E-state index in [1.54, 1.807) is 6.07 Å². The summed E-state index contributed by atoms with van der Waals surface area (Å²) in [4.78, 5) is 22.1. The molecule has 0 aliphatic heterocycles. The average Bonchev–Trinajstić information content (AvgIpc) is 2.66. The molecule has 0 radical (unpaired) electrons. The highest BCUT2D eigenvalue weighted by Crippen LogP contribution is 2.12. The first kappa shape index (κ1) is 21.5. The van der Waals surface area contributed by atoms with E-state index in [0.717, 1.165) is 6.07 Å². The topological polar surface area (TPSA) is 78.4 Å². The smallest absolute Gasteiger partial charge is 0.253 e. The summed E-state index contributed by atoms with van der Waals surface area (Å²) in [5.74, 6) is -1.82. The van der Waals surface area contributed by atoms with E-state index in [2.05, 4.69) is 10.6 Å². The molecule has 0 aliphatic carbocycles. The molecule has 0 atom stereocenters. The Hall–Kier alpha value is -2.51. The number of aliphatic hydroxyl groups is 1. The van der Waals surface area contributed by atoms with Crippen molar-refractivity contribution in [3.63, 3.8) is 0 Å². The summed E-state index contributed by atoms with van der Waals surface area (Å²) in [5.41, 5.74) is 1.13. The van der Waals surface area contributed by atoms with Gasteiger partial charge in [0.05, 0.1) is 17.7 Å². The molecular weight excluding hydrogens is 366 g/mol. The second-order valence-electron chi connectivity index (χ2n) is 5.08. The van der Waals surface area contributed by atoms with Crippen molar-refractivity contribution in [3.8, 4) is 0 Å². The Balaban J connectivity index is 0.000000260. The number of benzene rings is 2. The van der Waals surface area contributed by atoms with Crippen LogP contribution in [-0.2, 0) is 12.5 Å². The van der Waals surface area contributed by atoms with Gasteiger partial charge in [-0.15, -0.1) is 11.6 Å². The number of hydrogen-bond donors (Lipinski definition) is 3. The molecule has 2 aromatic carbocycles. The highest BCUT2D eigenvalue weighted by atomic mass is 35.5. The van der Waals surface area contributed by atoms with Gasteiger partial charge in [0.2, 0.25) is 0 Å². The Morgan fingerprint density at radius 1 is 0.923 bits per heavy atom. The predicted molar refractivity (Wildman–Crippen MR) is 95.1 cm³/mol. The summed E-state index contributed by atoms with van der Waals surface area (Å²) >= 11 is 5.50. The summed E-state index contributed by atoms with van der Waals surface area (Å²) in [6.45, 7) is -0.231. The van der Waals surface area contributed by atoms with E-state index in [1.807, 2.05) is 0 Å². The number of alkyl halides is 1. The Kier molecular flexibility index (Phi) is 8.67. The van der Waals surface area contributed by atoms with Gasteiger partial charge in [0.1, 0.15) is 11.6 Å². The van der Waals surface area contributed by atoms with Crippen LogP contribution in [0.2, 0.25) is 0 Å². The van der Waals surface area contributed by atoms with E-state index in [4.69, 9.17) is 16.7 Å². The molecule has 8 heteroatoms. The molecule has 5 nitrogen and oxygen atoms in total. The first-order chi connectivity index (χ1) is 12.4. The molecule has 0 unspecified atom stereocenters. The minimum atomic E-state index is -0.620. The number of nitrogens with one attached hydrogen (secondary N) is 2. The fourth-order valence-corrected chi connectivity index (χ4v) is 2.10. The van der Waals surface area contributed by atoms with Gasteiger partial charge in [0.15, 0.2) is 0 Å². The first-order valence-electron chi connectivity index (χ1n) is 7.55. The summed E-state index contributed by atoms with van der Waals surface area (Å²) in [6, 6.07) is 8.31. The molecule has 26 heavy (non-hydrogen) atoms. The van der Waals surface area contributed by atoms with Gasteiger partial charge < -0.3 is 15.7 Å². The van der Waals surface area contributed by atoms with Crippen LogP contribution in [0, 0.1) is 11.6 Å². The van der Waals surface area contributed by atoms with Crippen molar-refractivity contribution in [1.82, 2.24) is 10.6 Å². The summed E-state index contributed by atoms with van der Waals surface area (Å²) in [7, 11) is 2.89. The van der Waals surface area contributed by atoms with E-state index in [9.17, 15) is 18.4 Å². The molecule has 0 heterocycles. The van der Waals surface area contributed by atoms with E-state index >= 15 is 0 Å². The van der Waals surface area contributed by atoms with Crippen molar-refractivity contribution in [2.45, 2.75) is 12.5 Å². The number of hydrogen-bond acceptors (Lipinski definition) is 3. The highest BCUT2D eigenvalue weighted by molar-refractivity contribution is 6.17. The molecule has 0 bridgehead atoms. The van der Waals surface area contributed by atoms with Crippen LogP contribution >= 0.6 is 11.6 Å². The molecule has 3 N–H and O–H groups in total. The lowest BCUT2D eigenvalue weighted by Crippen LogP contribution is -2.19. The van der Waals surface area contributed by atoms with Crippen molar-refractivity contribution in [2.24, 2.45) is 0 Å². The molecule has 0 saturated carbocycles. The van der Waals surface area contributed by atoms with Gasteiger partial charge in [0.25, 0.3) is 11.8 Å². The molecule has 2 rings (SSSR count). The van der Waals surface area contributed by atoms with Crippen LogP contribution in [0.25, 0.3) is 0 Å². The van der Waals surface area contributed by atoms with Crippen LogP contribution in [-0.4, -0.2) is 31.0 Å². The molecule has 2 amide bonds. The number of aliphatic hydroxyl groups excluding tert-OH is 1. The van der Waals surface area contributed by atoms with Crippen molar-refractivity contribution >= 4 is 23.4 Å². The Labute approximate surface area is 155 Å². The lowest BCUT2D eigenvalue weighted by Gasteiger charge is -2.02. The minimum absolute atomic E-state index is 0.0142. The van der Waals surface area contributed by atoms with Gasteiger partial charge in [0, 0.05) is 20.0 Å². The van der Waals surface area contributed by atoms with Crippen LogP contribution in [0.4, 0.5) is 8.78 Å². The van der Waals surface area contributed by atoms with Crippen molar-refractivity contribution in [3.05, 3.63) is 70.3 Å². The van der Waals surface area contributed by atoms with Crippen LogP contribution < -0.4 is 10.6 Å². The second-order valence-corrected chi connectivity index (χ2v) is 5.35. The zero-order valence-corrected chi connectivity index (χ0v) is 15.0. The number of rotatable bonds is 4. The van der Waals surface area contributed by atoms with Gasteiger partial charge >= 0.3 is 0 Å². The lowest BCUT2D eigenvalue weighted by molar-refractivity contribution is 0.0950. The zero-order valence-electron chi connectivity index (χ0n) is 14.3. The maximum absolute atomic E-state index is 13.2. The Bertz CT molecular complexity index is 720. The monoisotopic (exact) mass is 384 g/mol. The van der Waals surface area contributed by atoms with Gasteiger partial charge in [-0.05, 0) is 35.4 Å². The summed E-state index contributed by atoms with van der Waals surface area (Å²) in [5, 5.41) is 13.3. The maximum Gasteiger partial charge on any atom is 0.253 e. The quantitative estimate of drug-likeness (QED) is 0.709. The molecule has 0 spiro atoms. The second kappa shape index (κ2) is 10.5. The van der Waals surface area contributed by atoms with E-state index < -0.39 is 23.4 Å². The van der Waals surface area contributed by atoms with Crippen LogP contribution in [0.3, 0.4) is 0 Å². The van der Waals surface area contributed by atoms with Crippen molar-refractivity contribution < 1.29 is 23.5 Å². The third-order valence-electron chi connectivity index (χ3n) is 3.35. The fourth-order valence-electron chi connectivity index (χ4n) is 1.94. The average molecular weight is 385 g/mol. The van der Waals surface area contributed by atoms with Gasteiger partial charge in [-0.2, -0.15) is 0 Å². The van der Waals surface area contributed by atoms with Gasteiger partial charge in [-0.3, -0.25) is 9.59 Å². The zero-order chi connectivity index (χ0) is 19.7. The van der Waals surface area contributed by atoms with Crippen molar-refractivity contribution in [2.75, 3.05) is 14.1 Å². The number of carbonyl (C=O) groups is 2. The van der Waals surface area contributed by atoms with E-state index in [0.29, 0.717) is 11.1 Å². The molecule has 0 aliphatic rings. The Morgan fingerprint density at radius 2 is 1.35 bits per heavy atom. The SMILES string of the molecule is CNC(=O)c1ccc(CCl)cc1F.CNC(=O)c1ccc(CO)cc1F. The first-order valence-corrected chi connectivity index (χ1v) is 8.09. The number of halogens is 3. The highest BCUT2D eigenvalue weighted by Gasteiger charge is 2.10. The standard InChI is InChI=1S/C9H9ClFNO.C9H10FNO2/c1-12-9(13)7-3-2-6(5-10)4-8(7)11;1-11-9(13)7-3-2-6(5-12)4-8(7)10/h2-4H,5H2,1H3,(H,12,13);2-4,12H,5H2,1H3,(H,11,13). The predicted octanol–water partition coefficient (Wildman–Crippen LogP) is 2.60. The normalized spacial score (nSPS) is 9.77. The largest absolute Gasteiger partial charge is 0.392 e. The number of carbonyl (C=O) groups excluding carboxylic acids is 2. The lowest BCUT2D eigenvalue weighted by atomic mass is 10.1. The molecular formula is C18H19ClF2N2O3. The van der Waals surface area contributed by atoms with Crippen LogP contribution in [0.15, 0.2) is 36.4 Å². The molecule has 0 saturated heterocycles. The molecule has 0 aromatic heterocycles. The molecule has 140 valence electrons. The molecule has 0 fully saturated rings. The van der Waals surface area contributed by atoms with Gasteiger partial charge in [-0.25, -0.2) is 8.78 Å². The van der Waals surface area contributed by atoms with E-state index in [1.165, 1.54) is 38.4 Å². The van der Waals surface area contributed by atoms with E-state index in [-0.39, 0.29) is 23.6 Å². The third kappa shape index (κ3) is 5.79. The minimum Gasteiger partial charge on any atom is -0.392 e. The Morgan fingerprint density at radius 3 is 1.69 bits per heavy atom. The molecule has 2 aromatic rings. The fraction of sp³-hybridized carbons (Fsp3) is 0.222. The number of amides is 2. The maximum atomic E-state index is 13.2. The van der Waals surface area contributed by atoms with Gasteiger partial charge in [-0.1, -0.05) is 12.1 Å². The van der Waals surface area contributed by atoms with Crippen molar-refractivity contribution in [1.29, 1.82) is 0 Å². The summed E-state index contributed by atoms with van der Waals surface area (Å²) < 4.78 is 26.3. The third-order valence-corrected chi connectivity index (χ3v) is 3.66. The van der Waals surface area contributed by atoms with Crippen LogP contribution in [0.1, 0.15) is 31.8 Å². The summed E-state index contributed by atoms with van der Waals surface area (Å²) in [6.07, 6.45) is 0. The van der Waals surface area contributed by atoms with Crippen LogP contribution in [0.5, 0.6) is 0 Å².